The van der Waals surface area contributed by atoms with Crippen LogP contribution in [0, 0.1) is 12.7 Å². The number of aromatic nitrogens is 4. The fourth-order valence-electron chi connectivity index (χ4n) is 4.68. The zero-order chi connectivity index (χ0) is 31.0. The van der Waals surface area contributed by atoms with Gasteiger partial charge in [0, 0.05) is 52.1 Å². The molecule has 0 bridgehead atoms. The Morgan fingerprint density at radius 2 is 1.80 bits per heavy atom. The van der Waals surface area contributed by atoms with Gasteiger partial charge in [0.2, 0.25) is 5.96 Å². The monoisotopic (exact) mass is 610 g/mol. The molecule has 1 atom stereocenters. The number of benzene rings is 2. The minimum atomic E-state index is -0.882. The molecule has 0 fully saturated rings. The molecule has 13 heteroatoms. The highest BCUT2D eigenvalue weighted by Crippen LogP contribution is 2.37. The van der Waals surface area contributed by atoms with Crippen LogP contribution in [0.2, 0.25) is 5.02 Å². The van der Waals surface area contributed by atoms with Crippen molar-refractivity contribution in [3.05, 3.63) is 106 Å². The van der Waals surface area contributed by atoms with Crippen LogP contribution >= 0.6 is 11.6 Å². The number of hydrogen-bond donors (Lipinski definition) is 3. The van der Waals surface area contributed by atoms with E-state index in [0.29, 0.717) is 33.2 Å². The first-order valence-corrected chi connectivity index (χ1v) is 13.8. The number of nitrogens with zero attached hydrogens (tertiary/aromatic N) is 5. The number of Topliss-reactive ketones (excluding diaryl/α,β-unsaturated/α-hetero) is 1. The first kappa shape index (κ1) is 28.6. The molecule has 2 aromatic carbocycles. The van der Waals surface area contributed by atoms with E-state index >= 15 is 0 Å². The van der Waals surface area contributed by atoms with Gasteiger partial charge in [-0.15, -0.1) is 0 Å². The summed E-state index contributed by atoms with van der Waals surface area (Å²) in [6, 6.07) is 11.7. The third-order valence-electron chi connectivity index (χ3n) is 6.88. The molecule has 11 nitrogen and oxygen atoms in total. The second-order valence-electron chi connectivity index (χ2n) is 10.00. The summed E-state index contributed by atoms with van der Waals surface area (Å²) in [7, 11) is 0. The molecule has 220 valence electrons. The lowest BCUT2D eigenvalue weighted by molar-refractivity contribution is -0.113. The number of anilines is 2. The molecule has 0 aliphatic carbocycles. The van der Waals surface area contributed by atoms with Crippen LogP contribution < -0.4 is 16.0 Å². The van der Waals surface area contributed by atoms with Crippen molar-refractivity contribution < 1.29 is 18.4 Å². The van der Waals surface area contributed by atoms with E-state index in [1.54, 1.807) is 44.4 Å². The summed E-state index contributed by atoms with van der Waals surface area (Å²) in [4.78, 5) is 47.4. The minimum absolute atomic E-state index is 0.0716. The number of pyridine rings is 1. The number of allylic oxidation sites excluding steroid dienone is 1. The average Bonchev–Trinajstić information content (AvgIpc) is 3.38. The van der Waals surface area contributed by atoms with Gasteiger partial charge in [0.15, 0.2) is 11.4 Å². The van der Waals surface area contributed by atoms with Crippen LogP contribution in [0.25, 0.3) is 22.2 Å². The predicted molar refractivity (Wildman–Crippen MR) is 164 cm³/mol. The molecule has 0 saturated carbocycles. The Bertz CT molecular complexity index is 2010. The summed E-state index contributed by atoms with van der Waals surface area (Å²) in [5.41, 5.74) is 3.93. The SMILES string of the molecule is CC(=O)c1ccnc(NC(=O)C2=C(C)NC(Nc3nc4ccc(F)cc4o3)=NC2c2ccc(-c3cnc(C)nc3)cc2Cl)c1. The molecule has 3 aromatic heterocycles. The number of aryl methyl sites for hydroxylation is 1. The average molecular weight is 611 g/mol. The largest absolute Gasteiger partial charge is 0.423 e. The molecule has 0 spiro atoms. The smallest absolute Gasteiger partial charge is 0.302 e. The van der Waals surface area contributed by atoms with Crippen molar-refractivity contribution >= 4 is 52.2 Å². The van der Waals surface area contributed by atoms with E-state index in [-0.39, 0.29) is 34.7 Å². The molecule has 1 unspecified atom stereocenters. The maximum atomic E-state index is 13.7. The van der Waals surface area contributed by atoms with Gasteiger partial charge in [-0.3, -0.25) is 14.9 Å². The Balaban J connectivity index is 1.37. The predicted octanol–water partition coefficient (Wildman–Crippen LogP) is 6.01. The summed E-state index contributed by atoms with van der Waals surface area (Å²) < 4.78 is 19.4. The number of carbonyl (C=O) groups excluding carboxylic acids is 2. The van der Waals surface area contributed by atoms with Crippen LogP contribution in [0.1, 0.15) is 41.6 Å². The Kier molecular flexibility index (Phi) is 7.58. The number of oxazole rings is 1. The van der Waals surface area contributed by atoms with Crippen LogP contribution in [0.15, 0.2) is 87.8 Å². The van der Waals surface area contributed by atoms with E-state index < -0.39 is 17.8 Å². The third-order valence-corrected chi connectivity index (χ3v) is 7.21. The Labute approximate surface area is 255 Å². The van der Waals surface area contributed by atoms with E-state index in [4.69, 9.17) is 21.0 Å². The van der Waals surface area contributed by atoms with Crippen molar-refractivity contribution in [1.29, 1.82) is 0 Å². The van der Waals surface area contributed by atoms with Crippen molar-refractivity contribution in [2.45, 2.75) is 26.8 Å². The van der Waals surface area contributed by atoms with Crippen LogP contribution in [0.4, 0.5) is 16.2 Å². The molecule has 5 aromatic rings. The molecule has 0 saturated heterocycles. The lowest BCUT2D eigenvalue weighted by Gasteiger charge is -2.27. The van der Waals surface area contributed by atoms with Gasteiger partial charge < -0.3 is 15.1 Å². The molecular formula is C31H24ClFN8O3. The molecule has 4 heterocycles. The molecular weight excluding hydrogens is 587 g/mol. The maximum absolute atomic E-state index is 13.7. The van der Waals surface area contributed by atoms with E-state index in [0.717, 1.165) is 11.1 Å². The summed E-state index contributed by atoms with van der Waals surface area (Å²) in [5.74, 6) is -0.0521. The van der Waals surface area contributed by atoms with Crippen molar-refractivity contribution in [2.24, 2.45) is 4.99 Å². The summed E-state index contributed by atoms with van der Waals surface area (Å²) in [6.45, 7) is 4.94. The number of guanidine groups is 1. The van der Waals surface area contributed by atoms with E-state index in [1.807, 2.05) is 6.07 Å². The number of nitrogens with one attached hydrogen (secondary N) is 3. The summed E-state index contributed by atoms with van der Waals surface area (Å²) in [6.07, 6.45) is 4.85. The van der Waals surface area contributed by atoms with Crippen molar-refractivity contribution in [1.82, 2.24) is 25.3 Å². The van der Waals surface area contributed by atoms with E-state index in [1.165, 1.54) is 37.4 Å². The number of fused-ring (bicyclic) bond motifs is 1. The Morgan fingerprint density at radius 1 is 1.00 bits per heavy atom. The fraction of sp³-hybridized carbons (Fsp3) is 0.129. The number of amides is 1. The molecule has 1 aliphatic rings. The third kappa shape index (κ3) is 5.88. The number of hydrogen-bond acceptors (Lipinski definition) is 10. The molecule has 0 radical (unpaired) electrons. The van der Waals surface area contributed by atoms with Crippen LogP contribution in [0.5, 0.6) is 0 Å². The Morgan fingerprint density at radius 3 is 2.55 bits per heavy atom. The van der Waals surface area contributed by atoms with Crippen LogP contribution in [-0.2, 0) is 4.79 Å². The molecule has 1 amide bonds. The first-order chi connectivity index (χ1) is 21.1. The highest BCUT2D eigenvalue weighted by atomic mass is 35.5. The lowest BCUT2D eigenvalue weighted by atomic mass is 9.94. The highest BCUT2D eigenvalue weighted by molar-refractivity contribution is 6.32. The van der Waals surface area contributed by atoms with Crippen LogP contribution in [-0.4, -0.2) is 37.6 Å². The lowest BCUT2D eigenvalue weighted by Crippen LogP contribution is -2.37. The van der Waals surface area contributed by atoms with E-state index in [2.05, 4.69) is 35.9 Å². The topological polar surface area (TPSA) is 147 Å². The normalized spacial score (nSPS) is 14.7. The van der Waals surface area contributed by atoms with Crippen molar-refractivity contribution in [2.75, 3.05) is 10.6 Å². The minimum Gasteiger partial charge on any atom is -0.423 e. The standard InChI is InChI=1S/C31H24ClFN8O3/c1-15-27(29(43)39-26-11-18(16(2)42)8-9-34-26)28(22-6-4-19(10-23(22)32)20-13-35-17(3)36-14-20)40-30(37-15)41-31-38-24-7-5-21(33)12-25(24)44-31/h4-14,28H,1-3H3,(H,34,39,43)(H2,37,38,40,41). The van der Waals surface area contributed by atoms with Gasteiger partial charge in [-0.1, -0.05) is 23.7 Å². The van der Waals surface area contributed by atoms with E-state index in [9.17, 15) is 14.0 Å². The zero-order valence-electron chi connectivity index (χ0n) is 23.6. The number of rotatable bonds is 6. The molecule has 44 heavy (non-hydrogen) atoms. The van der Waals surface area contributed by atoms with Gasteiger partial charge in [-0.2, -0.15) is 4.98 Å². The molecule has 6 rings (SSSR count). The van der Waals surface area contributed by atoms with Gasteiger partial charge >= 0.3 is 6.01 Å². The number of ketones is 1. The zero-order valence-corrected chi connectivity index (χ0v) is 24.4. The fourth-order valence-corrected chi connectivity index (χ4v) is 4.97. The van der Waals surface area contributed by atoms with Gasteiger partial charge in [-0.05, 0) is 56.7 Å². The first-order valence-electron chi connectivity index (χ1n) is 13.4. The Hall–Kier alpha value is -5.49. The summed E-state index contributed by atoms with van der Waals surface area (Å²) in [5, 5.41) is 9.18. The molecule has 3 N–H and O–H groups in total. The number of carbonyl (C=O) groups is 2. The number of aliphatic imine (C=N–C) groups is 1. The van der Waals surface area contributed by atoms with Gasteiger partial charge in [-0.25, -0.2) is 24.3 Å². The maximum Gasteiger partial charge on any atom is 0.302 e. The second kappa shape index (κ2) is 11.7. The van der Waals surface area contributed by atoms with Gasteiger partial charge in [0.05, 0.1) is 5.57 Å². The number of halogens is 2. The quantitative estimate of drug-likeness (QED) is 0.197. The highest BCUT2D eigenvalue weighted by Gasteiger charge is 2.31. The summed E-state index contributed by atoms with van der Waals surface area (Å²) >= 11 is 6.83. The van der Waals surface area contributed by atoms with Crippen molar-refractivity contribution in [3.63, 3.8) is 0 Å². The molecule has 1 aliphatic heterocycles. The van der Waals surface area contributed by atoms with Gasteiger partial charge in [0.25, 0.3) is 5.91 Å². The second-order valence-corrected chi connectivity index (χ2v) is 10.4. The van der Waals surface area contributed by atoms with Crippen molar-refractivity contribution in [3.8, 4) is 11.1 Å². The van der Waals surface area contributed by atoms with Crippen LogP contribution in [0.3, 0.4) is 0 Å². The van der Waals surface area contributed by atoms with Gasteiger partial charge in [0.1, 0.15) is 29.0 Å².